The van der Waals surface area contributed by atoms with Gasteiger partial charge in [-0.3, -0.25) is 0 Å². The minimum absolute atomic E-state index is 0.681. The van der Waals surface area contributed by atoms with Gasteiger partial charge in [-0.05, 0) is 54.9 Å². The lowest BCUT2D eigenvalue weighted by Crippen LogP contribution is -1.95. The Bertz CT molecular complexity index is 402. The van der Waals surface area contributed by atoms with E-state index in [-0.39, 0.29) is 0 Å². The lowest BCUT2D eigenvalue weighted by atomic mass is 9.96. The molecule has 0 aliphatic heterocycles. The maximum Gasteiger partial charge on any atom is 0.00429 e. The van der Waals surface area contributed by atoms with E-state index in [1.807, 2.05) is 0 Å². The lowest BCUT2D eigenvalue weighted by Gasteiger charge is -2.10. The minimum Gasteiger partial charge on any atom is -0.143 e. The molecule has 1 aromatic carbocycles. The molecule has 0 radical (unpaired) electrons. The van der Waals surface area contributed by atoms with Crippen molar-refractivity contribution in [3.05, 3.63) is 41.0 Å². The summed E-state index contributed by atoms with van der Waals surface area (Å²) in [7, 11) is 0. The number of hydrogen-bond donors (Lipinski definition) is 1. The molecule has 18 heavy (non-hydrogen) atoms. The van der Waals surface area contributed by atoms with Crippen molar-refractivity contribution >= 4 is 12.6 Å². The van der Waals surface area contributed by atoms with Crippen molar-refractivity contribution in [3.8, 4) is 0 Å². The fraction of sp³-hybridized carbons (Fsp3) is 0.529. The molecule has 0 atom stereocenters. The summed E-state index contributed by atoms with van der Waals surface area (Å²) >= 11 is 4.41. The SMILES string of the molecule is CC/C(=C/CCc1ccc(S)cc1CC)C(C)C. The van der Waals surface area contributed by atoms with Gasteiger partial charge in [-0.2, -0.15) is 0 Å². The van der Waals surface area contributed by atoms with Crippen LogP contribution in [0.25, 0.3) is 0 Å². The second-order valence-electron chi connectivity index (χ2n) is 5.13. The Morgan fingerprint density at radius 1 is 1.22 bits per heavy atom. The fourth-order valence-electron chi connectivity index (χ4n) is 2.39. The van der Waals surface area contributed by atoms with Gasteiger partial charge in [0, 0.05) is 4.90 Å². The van der Waals surface area contributed by atoms with Gasteiger partial charge in [-0.25, -0.2) is 0 Å². The van der Waals surface area contributed by atoms with E-state index < -0.39 is 0 Å². The normalized spacial score (nSPS) is 12.2. The summed E-state index contributed by atoms with van der Waals surface area (Å²) in [4.78, 5) is 1.07. The molecule has 0 aliphatic rings. The van der Waals surface area contributed by atoms with Crippen LogP contribution in [-0.4, -0.2) is 0 Å². The molecule has 1 rings (SSSR count). The highest BCUT2D eigenvalue weighted by Crippen LogP contribution is 2.19. The van der Waals surface area contributed by atoms with E-state index in [2.05, 4.69) is 64.6 Å². The van der Waals surface area contributed by atoms with Crippen LogP contribution < -0.4 is 0 Å². The van der Waals surface area contributed by atoms with Gasteiger partial charge in [-0.15, -0.1) is 12.6 Å². The molecule has 0 aromatic heterocycles. The van der Waals surface area contributed by atoms with Crippen LogP contribution in [0.3, 0.4) is 0 Å². The summed E-state index contributed by atoms with van der Waals surface area (Å²) in [6.07, 6.45) is 7.00. The van der Waals surface area contributed by atoms with E-state index in [0.717, 1.165) is 24.2 Å². The van der Waals surface area contributed by atoms with Crippen molar-refractivity contribution in [1.29, 1.82) is 0 Å². The number of allylic oxidation sites excluding steroid dienone is 2. The first-order valence-electron chi connectivity index (χ1n) is 7.08. The molecule has 0 amide bonds. The fourth-order valence-corrected chi connectivity index (χ4v) is 2.62. The number of aryl methyl sites for hydroxylation is 2. The highest BCUT2D eigenvalue weighted by molar-refractivity contribution is 7.80. The van der Waals surface area contributed by atoms with Crippen LogP contribution in [0.1, 0.15) is 51.7 Å². The Hall–Kier alpha value is -0.690. The standard InChI is InChI=1S/C17H26S/c1-5-14(13(3)4)8-7-9-16-10-11-17(18)12-15(16)6-2/h8,10-13,18H,5-7,9H2,1-4H3/b14-8-. The quantitative estimate of drug-likeness (QED) is 0.510. The van der Waals surface area contributed by atoms with Crippen molar-refractivity contribution in [3.63, 3.8) is 0 Å². The highest BCUT2D eigenvalue weighted by atomic mass is 32.1. The molecule has 0 aliphatic carbocycles. The van der Waals surface area contributed by atoms with Crippen LogP contribution in [0.4, 0.5) is 0 Å². The molecule has 1 aromatic rings. The summed E-state index contributed by atoms with van der Waals surface area (Å²) < 4.78 is 0. The molecular weight excluding hydrogens is 236 g/mol. The van der Waals surface area contributed by atoms with Crippen LogP contribution in [0.5, 0.6) is 0 Å². The lowest BCUT2D eigenvalue weighted by molar-refractivity contribution is 0.722. The molecule has 0 nitrogen and oxygen atoms in total. The van der Waals surface area contributed by atoms with E-state index in [0.29, 0.717) is 5.92 Å². The second-order valence-corrected chi connectivity index (χ2v) is 5.65. The Balaban J connectivity index is 2.69. The smallest absolute Gasteiger partial charge is 0.00429 e. The van der Waals surface area contributed by atoms with Gasteiger partial charge in [0.2, 0.25) is 0 Å². The molecule has 0 unspecified atom stereocenters. The zero-order valence-electron chi connectivity index (χ0n) is 12.2. The van der Waals surface area contributed by atoms with Crippen LogP contribution in [0.2, 0.25) is 0 Å². The first-order chi connectivity index (χ1) is 8.58. The van der Waals surface area contributed by atoms with E-state index in [9.17, 15) is 0 Å². The maximum atomic E-state index is 4.41. The number of thiol groups is 1. The van der Waals surface area contributed by atoms with Crippen LogP contribution in [0.15, 0.2) is 34.7 Å². The minimum atomic E-state index is 0.681. The molecule has 0 spiro atoms. The predicted octanol–water partition coefficient (Wildman–Crippen LogP) is 5.46. The van der Waals surface area contributed by atoms with Crippen LogP contribution in [-0.2, 0) is 12.8 Å². The van der Waals surface area contributed by atoms with Gasteiger partial charge < -0.3 is 0 Å². The maximum absolute atomic E-state index is 4.41. The molecule has 0 bridgehead atoms. The van der Waals surface area contributed by atoms with E-state index in [1.54, 1.807) is 5.57 Å². The number of hydrogen-bond acceptors (Lipinski definition) is 1. The first kappa shape index (κ1) is 15.4. The zero-order valence-corrected chi connectivity index (χ0v) is 13.1. The third-order valence-electron chi connectivity index (χ3n) is 3.54. The second kappa shape index (κ2) is 7.68. The van der Waals surface area contributed by atoms with Crippen molar-refractivity contribution in [2.75, 3.05) is 0 Å². The van der Waals surface area contributed by atoms with Crippen molar-refractivity contribution in [2.24, 2.45) is 5.92 Å². The van der Waals surface area contributed by atoms with Crippen molar-refractivity contribution < 1.29 is 0 Å². The molecule has 100 valence electrons. The largest absolute Gasteiger partial charge is 0.143 e. The van der Waals surface area contributed by atoms with Gasteiger partial charge in [0.1, 0.15) is 0 Å². The Kier molecular flexibility index (Phi) is 6.56. The van der Waals surface area contributed by atoms with Gasteiger partial charge in [-0.1, -0.05) is 45.4 Å². The average molecular weight is 262 g/mol. The van der Waals surface area contributed by atoms with Gasteiger partial charge in [0.05, 0.1) is 0 Å². The summed E-state index contributed by atoms with van der Waals surface area (Å²) in [6, 6.07) is 6.53. The number of benzene rings is 1. The molecule has 1 heteroatoms. The van der Waals surface area contributed by atoms with Gasteiger partial charge >= 0.3 is 0 Å². The summed E-state index contributed by atoms with van der Waals surface area (Å²) in [5, 5.41) is 0. The van der Waals surface area contributed by atoms with E-state index in [1.165, 1.54) is 17.5 Å². The van der Waals surface area contributed by atoms with E-state index >= 15 is 0 Å². The summed E-state index contributed by atoms with van der Waals surface area (Å²) in [5.74, 6) is 0.681. The topological polar surface area (TPSA) is 0 Å². The molecule has 0 saturated carbocycles. The molecular formula is C17H26S. The molecule has 0 saturated heterocycles. The van der Waals surface area contributed by atoms with Gasteiger partial charge in [0.15, 0.2) is 0 Å². The number of rotatable bonds is 6. The van der Waals surface area contributed by atoms with Crippen LogP contribution >= 0.6 is 12.6 Å². The molecule has 0 heterocycles. The molecule has 0 N–H and O–H groups in total. The highest BCUT2D eigenvalue weighted by Gasteiger charge is 2.02. The third-order valence-corrected chi connectivity index (χ3v) is 3.82. The summed E-state index contributed by atoms with van der Waals surface area (Å²) in [5.41, 5.74) is 4.50. The molecule has 0 fully saturated rings. The van der Waals surface area contributed by atoms with Crippen molar-refractivity contribution in [2.45, 2.75) is 58.3 Å². The average Bonchev–Trinajstić information content (AvgIpc) is 2.35. The van der Waals surface area contributed by atoms with Crippen molar-refractivity contribution in [1.82, 2.24) is 0 Å². The Morgan fingerprint density at radius 3 is 2.50 bits per heavy atom. The Labute approximate surface area is 118 Å². The summed E-state index contributed by atoms with van der Waals surface area (Å²) in [6.45, 7) is 9.03. The predicted molar refractivity (Wildman–Crippen MR) is 84.6 cm³/mol. The first-order valence-corrected chi connectivity index (χ1v) is 7.52. The van der Waals surface area contributed by atoms with E-state index in [4.69, 9.17) is 0 Å². The monoisotopic (exact) mass is 262 g/mol. The zero-order chi connectivity index (χ0) is 13.5. The third kappa shape index (κ3) is 4.53. The van der Waals surface area contributed by atoms with Gasteiger partial charge in [0.25, 0.3) is 0 Å². The van der Waals surface area contributed by atoms with Crippen LogP contribution in [0, 0.1) is 5.92 Å². The Morgan fingerprint density at radius 2 is 1.94 bits per heavy atom.